The Morgan fingerprint density at radius 2 is 1.85 bits per heavy atom. The van der Waals surface area contributed by atoms with E-state index in [0.29, 0.717) is 60.4 Å². The van der Waals surface area contributed by atoms with E-state index >= 15 is 0 Å². The summed E-state index contributed by atoms with van der Waals surface area (Å²) in [5, 5.41) is 5.17. The summed E-state index contributed by atoms with van der Waals surface area (Å²) in [5.41, 5.74) is 10.7. The van der Waals surface area contributed by atoms with Crippen LogP contribution in [-0.4, -0.2) is 90.9 Å². The number of nitrogens with two attached hydrogens (primary N) is 1. The Bertz CT molecular complexity index is 2230. The first kappa shape index (κ1) is 35.4. The average Bonchev–Trinajstić information content (AvgIpc) is 3.90. The highest BCUT2D eigenvalue weighted by Crippen LogP contribution is 2.37. The minimum Gasteiger partial charge on any atom is -0.382 e. The molecule has 0 saturated carbocycles. The molecule has 4 N–H and O–H groups in total. The van der Waals surface area contributed by atoms with E-state index in [9.17, 15) is 19.2 Å². The van der Waals surface area contributed by atoms with E-state index in [1.807, 2.05) is 40.9 Å². The molecule has 2 saturated heterocycles. The molecule has 6 heterocycles. The molecular formula is C39H39N9O5S. The number of likely N-dealkylation sites (tertiary alicyclic amines) is 1. The Labute approximate surface area is 315 Å². The molecule has 4 amide bonds. The number of nitrogen functional groups attached to an aromatic ring is 1. The molecule has 5 aromatic rings. The highest BCUT2D eigenvalue weighted by molar-refractivity contribution is 7.99. The van der Waals surface area contributed by atoms with Crippen molar-refractivity contribution in [3.05, 3.63) is 102 Å². The zero-order chi connectivity index (χ0) is 37.2. The molecule has 0 aliphatic carbocycles. The van der Waals surface area contributed by atoms with Gasteiger partial charge in [0, 0.05) is 65.4 Å². The van der Waals surface area contributed by atoms with Crippen LogP contribution in [0.5, 0.6) is 0 Å². The van der Waals surface area contributed by atoms with Crippen molar-refractivity contribution in [3.8, 4) is 11.3 Å². The highest BCUT2D eigenvalue weighted by Gasteiger charge is 2.40. The molecule has 3 aliphatic rings. The number of pyridine rings is 1. The van der Waals surface area contributed by atoms with Crippen LogP contribution in [0, 0.1) is 0 Å². The van der Waals surface area contributed by atoms with Gasteiger partial charge < -0.3 is 20.7 Å². The third-order valence-corrected chi connectivity index (χ3v) is 11.2. The van der Waals surface area contributed by atoms with Crippen LogP contribution in [0.15, 0.2) is 84.1 Å². The number of aromatic nitrogens is 4. The topological polar surface area (TPSA) is 177 Å². The molecule has 1 unspecified atom stereocenters. The second-order valence-corrected chi connectivity index (χ2v) is 14.6. The van der Waals surface area contributed by atoms with E-state index in [4.69, 9.17) is 15.5 Å². The molecule has 14 nitrogen and oxygen atoms in total. The second kappa shape index (κ2) is 15.4. The summed E-state index contributed by atoms with van der Waals surface area (Å²) in [5.74, 6) is 1.32. The number of hydrogen-bond acceptors (Lipinski definition) is 11. The van der Waals surface area contributed by atoms with Crippen LogP contribution >= 0.6 is 11.8 Å². The summed E-state index contributed by atoms with van der Waals surface area (Å²) < 4.78 is 8.15. The Kier molecular flexibility index (Phi) is 10.1. The molecule has 0 radical (unpaired) electrons. The van der Waals surface area contributed by atoms with Crippen LogP contribution in [-0.2, 0) is 20.9 Å². The summed E-state index contributed by atoms with van der Waals surface area (Å²) in [7, 11) is 0. The van der Waals surface area contributed by atoms with E-state index < -0.39 is 11.9 Å². The van der Waals surface area contributed by atoms with Gasteiger partial charge in [0.15, 0.2) is 0 Å². The van der Waals surface area contributed by atoms with E-state index in [0.717, 1.165) is 53.3 Å². The lowest BCUT2D eigenvalue weighted by Gasteiger charge is -2.29. The van der Waals surface area contributed by atoms with Crippen molar-refractivity contribution >= 4 is 52.5 Å². The minimum absolute atomic E-state index is 0.0613. The fourth-order valence-corrected chi connectivity index (χ4v) is 8.45. The van der Waals surface area contributed by atoms with E-state index in [-0.39, 0.29) is 30.2 Å². The number of piperidine rings is 1. The number of fused-ring (bicyclic) bond motifs is 2. The lowest BCUT2D eigenvalue weighted by Crippen LogP contribution is -2.52. The van der Waals surface area contributed by atoms with Crippen LogP contribution in [0.1, 0.15) is 63.8 Å². The van der Waals surface area contributed by atoms with Crippen molar-refractivity contribution in [2.24, 2.45) is 0 Å². The Morgan fingerprint density at radius 1 is 0.981 bits per heavy atom. The number of nitrogens with one attached hydrogen (secondary N) is 2. The zero-order valence-corrected chi connectivity index (χ0v) is 30.3. The molecule has 0 bridgehead atoms. The normalized spacial score (nSPS) is 18.7. The lowest BCUT2D eigenvalue weighted by atomic mass is 10.0. The maximum absolute atomic E-state index is 13.2. The van der Waals surface area contributed by atoms with Crippen LogP contribution in [0.25, 0.3) is 16.8 Å². The molecule has 3 aromatic heterocycles. The quantitative estimate of drug-likeness (QED) is 0.0941. The van der Waals surface area contributed by atoms with Gasteiger partial charge in [0.05, 0.1) is 19.3 Å². The number of anilines is 2. The highest BCUT2D eigenvalue weighted by atomic mass is 32.2. The van der Waals surface area contributed by atoms with Gasteiger partial charge in [0.25, 0.3) is 11.8 Å². The third-order valence-electron chi connectivity index (χ3n) is 10.1. The van der Waals surface area contributed by atoms with E-state index in [1.54, 1.807) is 59.4 Å². The van der Waals surface area contributed by atoms with E-state index in [1.165, 1.54) is 0 Å². The van der Waals surface area contributed by atoms with Crippen LogP contribution in [0.4, 0.5) is 11.6 Å². The van der Waals surface area contributed by atoms with Gasteiger partial charge in [-0.05, 0) is 67.8 Å². The molecule has 54 heavy (non-hydrogen) atoms. The van der Waals surface area contributed by atoms with Gasteiger partial charge >= 0.3 is 0 Å². The van der Waals surface area contributed by atoms with Crippen molar-refractivity contribution in [2.45, 2.75) is 49.2 Å². The van der Waals surface area contributed by atoms with Gasteiger partial charge in [0.2, 0.25) is 11.8 Å². The second-order valence-electron chi connectivity index (χ2n) is 13.4. The number of imide groups is 1. The summed E-state index contributed by atoms with van der Waals surface area (Å²) >= 11 is 1.64. The predicted molar refractivity (Wildman–Crippen MR) is 203 cm³/mol. The van der Waals surface area contributed by atoms with Crippen molar-refractivity contribution in [3.63, 3.8) is 0 Å². The SMILES string of the molecule is Nc1nccn2c([C@@H]3CCCN3CCOCCSc3cccc4c3CN(C3CCC(=O)NC3=O)C4=O)nc(-c3ccc(C(=O)Nc4ccccn4)cc3)c12. The maximum atomic E-state index is 13.2. The molecule has 3 aliphatic heterocycles. The molecule has 15 heteroatoms. The fraction of sp³-hybridized carbons (Fsp3) is 0.308. The van der Waals surface area contributed by atoms with Crippen LogP contribution in [0.3, 0.4) is 0 Å². The van der Waals surface area contributed by atoms with Crippen molar-refractivity contribution in [1.29, 1.82) is 0 Å². The average molecular weight is 746 g/mol. The molecule has 0 spiro atoms. The predicted octanol–water partition coefficient (Wildman–Crippen LogP) is 4.33. The van der Waals surface area contributed by atoms with Gasteiger partial charge in [-0.3, -0.25) is 33.8 Å². The minimum atomic E-state index is -0.636. The van der Waals surface area contributed by atoms with Gasteiger partial charge in [0.1, 0.15) is 34.7 Å². The number of thioether (sulfide) groups is 1. The number of benzene rings is 2. The number of carbonyl (C=O) groups excluding carboxylic acids is 4. The number of carbonyl (C=O) groups is 4. The Morgan fingerprint density at radius 3 is 2.67 bits per heavy atom. The summed E-state index contributed by atoms with van der Waals surface area (Å²) in [6.07, 6.45) is 7.75. The van der Waals surface area contributed by atoms with Gasteiger partial charge in [-0.1, -0.05) is 24.3 Å². The molecule has 276 valence electrons. The number of amides is 4. The summed E-state index contributed by atoms with van der Waals surface area (Å²) in [6, 6.07) is 17.7. The first-order valence-electron chi connectivity index (χ1n) is 18.0. The zero-order valence-electron chi connectivity index (χ0n) is 29.4. The molecular weight excluding hydrogens is 707 g/mol. The fourth-order valence-electron chi connectivity index (χ4n) is 7.50. The Balaban J connectivity index is 0.881. The number of ether oxygens (including phenoxy) is 1. The van der Waals surface area contributed by atoms with Crippen molar-refractivity contribution < 1.29 is 23.9 Å². The number of imidazole rings is 1. The van der Waals surface area contributed by atoms with Crippen LogP contribution in [0.2, 0.25) is 0 Å². The first-order chi connectivity index (χ1) is 26.4. The maximum Gasteiger partial charge on any atom is 0.256 e. The molecule has 2 aromatic carbocycles. The van der Waals surface area contributed by atoms with Gasteiger partial charge in [-0.15, -0.1) is 11.8 Å². The first-order valence-corrected chi connectivity index (χ1v) is 19.0. The summed E-state index contributed by atoms with van der Waals surface area (Å²) in [4.78, 5) is 68.8. The summed E-state index contributed by atoms with van der Waals surface area (Å²) in [6.45, 7) is 3.08. The van der Waals surface area contributed by atoms with Gasteiger partial charge in [-0.2, -0.15) is 0 Å². The number of rotatable bonds is 12. The van der Waals surface area contributed by atoms with Crippen molar-refractivity contribution in [2.75, 3.05) is 43.1 Å². The van der Waals surface area contributed by atoms with E-state index in [2.05, 4.69) is 25.5 Å². The third kappa shape index (κ3) is 7.05. The van der Waals surface area contributed by atoms with Crippen molar-refractivity contribution in [1.82, 2.24) is 34.5 Å². The molecule has 8 rings (SSSR count). The monoisotopic (exact) mass is 745 g/mol. The Hall–Kier alpha value is -5.64. The smallest absolute Gasteiger partial charge is 0.256 e. The molecule has 2 fully saturated rings. The lowest BCUT2D eigenvalue weighted by molar-refractivity contribution is -0.136. The van der Waals surface area contributed by atoms with Gasteiger partial charge in [-0.25, -0.2) is 15.0 Å². The largest absolute Gasteiger partial charge is 0.382 e. The number of hydrogen-bond donors (Lipinski definition) is 3. The molecule has 2 atom stereocenters. The number of nitrogens with zero attached hydrogens (tertiary/aromatic N) is 6. The standard InChI is InChI=1S/C39H39N9O5S/c40-35-34-33(24-9-11-25(12-10-24)37(50)43-31-8-1-2-15-41-31)45-36(47(34)18-16-42-35)28-6-4-17-46(28)19-20-53-21-22-54-30-7-3-5-26-27(30)23-48(39(26)52)29-13-14-32(49)44-38(29)51/h1-3,5,7-12,15-16,18,28-29H,4,6,13-14,17,19-23H2,(H2,40,42)(H,41,43,50)(H,44,49,51)/t28-,29?/m0/s1. The van der Waals surface area contributed by atoms with Crippen LogP contribution < -0.4 is 16.4 Å².